The number of aromatic nitrogens is 3. The molecule has 120 valence electrons. The maximum absolute atomic E-state index is 6.21. The van der Waals surface area contributed by atoms with E-state index in [1.165, 1.54) is 0 Å². The van der Waals surface area contributed by atoms with Gasteiger partial charge >= 0.3 is 0 Å². The molecule has 0 aliphatic rings. The van der Waals surface area contributed by atoms with Gasteiger partial charge in [0.15, 0.2) is 0 Å². The van der Waals surface area contributed by atoms with Crippen molar-refractivity contribution in [3.63, 3.8) is 0 Å². The molecule has 4 aromatic rings. The Balaban J connectivity index is 1.79. The van der Waals surface area contributed by atoms with E-state index in [1.807, 2.05) is 29.9 Å². The fourth-order valence-electron chi connectivity index (χ4n) is 2.43. The van der Waals surface area contributed by atoms with Gasteiger partial charge in [0.05, 0.1) is 20.1 Å². The van der Waals surface area contributed by atoms with E-state index >= 15 is 0 Å². The summed E-state index contributed by atoms with van der Waals surface area (Å²) in [5.41, 5.74) is 7.19. The van der Waals surface area contributed by atoms with Crippen molar-refractivity contribution in [1.29, 1.82) is 0 Å². The Hall–Kier alpha value is -2.57. The Labute approximate surface area is 147 Å². The molecule has 0 unspecified atom stereocenters. The van der Waals surface area contributed by atoms with Crippen LogP contribution in [-0.4, -0.2) is 14.5 Å². The number of halogens is 1. The van der Waals surface area contributed by atoms with Crippen LogP contribution in [0.5, 0.6) is 11.5 Å². The van der Waals surface area contributed by atoms with Crippen LogP contribution in [0.2, 0.25) is 5.02 Å². The van der Waals surface area contributed by atoms with Crippen molar-refractivity contribution < 1.29 is 4.74 Å². The number of benzene rings is 1. The van der Waals surface area contributed by atoms with Gasteiger partial charge in [0, 0.05) is 37.4 Å². The van der Waals surface area contributed by atoms with Gasteiger partial charge in [-0.3, -0.25) is 4.98 Å². The molecular weight excluding hydrogens is 344 g/mol. The van der Waals surface area contributed by atoms with Gasteiger partial charge < -0.3 is 15.0 Å². The third-order valence-electron chi connectivity index (χ3n) is 3.59. The molecule has 0 saturated carbocycles. The summed E-state index contributed by atoms with van der Waals surface area (Å²) in [6, 6.07) is 9.03. The molecule has 7 heteroatoms. The molecule has 0 fully saturated rings. The molecule has 0 bridgehead atoms. The van der Waals surface area contributed by atoms with Crippen LogP contribution in [-0.2, 0) is 7.05 Å². The second-order valence-corrected chi connectivity index (χ2v) is 6.75. The number of pyridine rings is 1. The Morgan fingerprint density at radius 2 is 2.00 bits per heavy atom. The monoisotopic (exact) mass is 356 g/mol. The zero-order valence-corrected chi connectivity index (χ0v) is 14.3. The third kappa shape index (κ3) is 2.60. The molecule has 0 amide bonds. The van der Waals surface area contributed by atoms with Crippen molar-refractivity contribution in [1.82, 2.24) is 14.5 Å². The van der Waals surface area contributed by atoms with Crippen LogP contribution in [0, 0.1) is 0 Å². The molecule has 3 aromatic heterocycles. The van der Waals surface area contributed by atoms with Crippen molar-refractivity contribution in [2.45, 2.75) is 0 Å². The van der Waals surface area contributed by atoms with E-state index in [9.17, 15) is 0 Å². The molecule has 0 aliphatic carbocycles. The highest BCUT2D eigenvalue weighted by atomic mass is 35.5. The molecule has 0 radical (unpaired) electrons. The first kappa shape index (κ1) is 15.0. The van der Waals surface area contributed by atoms with Gasteiger partial charge in [-0.15, -0.1) is 11.3 Å². The number of nitrogen functional groups attached to an aromatic ring is 1. The van der Waals surface area contributed by atoms with Gasteiger partial charge in [-0.05, 0) is 24.3 Å². The lowest BCUT2D eigenvalue weighted by atomic mass is 10.3. The summed E-state index contributed by atoms with van der Waals surface area (Å²) < 4.78 is 8.92. The number of aryl methyl sites for hydroxylation is 1. The molecule has 24 heavy (non-hydrogen) atoms. The molecule has 0 spiro atoms. The first-order chi connectivity index (χ1) is 11.6. The highest BCUT2D eigenvalue weighted by molar-refractivity contribution is 7.22. The van der Waals surface area contributed by atoms with E-state index in [1.54, 1.807) is 41.9 Å². The summed E-state index contributed by atoms with van der Waals surface area (Å²) in [6.45, 7) is 0. The number of hydrogen-bond donors (Lipinski definition) is 1. The van der Waals surface area contributed by atoms with E-state index in [4.69, 9.17) is 22.1 Å². The smallest absolute Gasteiger partial charge is 0.149 e. The standard InChI is InChI=1S/C17H13ClN4OS/c1-22-7-6-21-17(22)15-9-12-16(24-15)14(4-5-20-12)23-13-3-2-10(19)8-11(13)18/h2-9H,19H2,1H3. The Morgan fingerprint density at radius 1 is 1.12 bits per heavy atom. The number of rotatable bonds is 3. The largest absolute Gasteiger partial charge is 0.454 e. The molecular formula is C17H13ClN4OS. The number of nitrogens with zero attached hydrogens (tertiary/aromatic N) is 3. The van der Waals surface area contributed by atoms with Crippen LogP contribution < -0.4 is 10.5 Å². The van der Waals surface area contributed by atoms with E-state index in [0.29, 0.717) is 22.2 Å². The van der Waals surface area contributed by atoms with Crippen molar-refractivity contribution in [3.05, 3.63) is 53.9 Å². The third-order valence-corrected chi connectivity index (χ3v) is 5.02. The fraction of sp³-hybridized carbons (Fsp3) is 0.0588. The van der Waals surface area contributed by atoms with Gasteiger partial charge in [-0.1, -0.05) is 11.6 Å². The lowest BCUT2D eigenvalue weighted by Crippen LogP contribution is -1.89. The molecule has 3 heterocycles. The average Bonchev–Trinajstić information content (AvgIpc) is 3.16. The average molecular weight is 357 g/mol. The molecule has 0 atom stereocenters. The van der Waals surface area contributed by atoms with E-state index in [-0.39, 0.29) is 0 Å². The predicted octanol–water partition coefficient (Wildman–Crippen LogP) is 4.72. The second kappa shape index (κ2) is 5.81. The van der Waals surface area contributed by atoms with Gasteiger partial charge in [0.1, 0.15) is 17.3 Å². The first-order valence-corrected chi connectivity index (χ1v) is 8.40. The Bertz CT molecular complexity index is 1040. The van der Waals surface area contributed by atoms with Gasteiger partial charge in [-0.25, -0.2) is 4.98 Å². The van der Waals surface area contributed by atoms with Crippen LogP contribution >= 0.6 is 22.9 Å². The highest BCUT2D eigenvalue weighted by Gasteiger charge is 2.14. The number of hydrogen-bond acceptors (Lipinski definition) is 5. The highest BCUT2D eigenvalue weighted by Crippen LogP contribution is 2.40. The summed E-state index contributed by atoms with van der Waals surface area (Å²) in [7, 11) is 1.96. The van der Waals surface area contributed by atoms with Crippen LogP contribution in [0.15, 0.2) is 48.9 Å². The Morgan fingerprint density at radius 3 is 2.75 bits per heavy atom. The molecule has 0 aliphatic heterocycles. The summed E-state index contributed by atoms with van der Waals surface area (Å²) in [6.07, 6.45) is 5.41. The van der Waals surface area contributed by atoms with Crippen LogP contribution in [0.4, 0.5) is 5.69 Å². The van der Waals surface area contributed by atoms with Crippen LogP contribution in [0.1, 0.15) is 0 Å². The topological polar surface area (TPSA) is 66.0 Å². The summed E-state index contributed by atoms with van der Waals surface area (Å²) in [4.78, 5) is 9.84. The zero-order chi connectivity index (χ0) is 16.7. The SMILES string of the molecule is Cn1ccnc1-c1cc2nccc(Oc3ccc(N)cc3Cl)c2s1. The molecule has 5 nitrogen and oxygen atoms in total. The number of thiophene rings is 1. The molecule has 4 rings (SSSR count). The maximum Gasteiger partial charge on any atom is 0.149 e. The van der Waals surface area contributed by atoms with Gasteiger partial charge in [0.2, 0.25) is 0 Å². The fourth-order valence-corrected chi connectivity index (χ4v) is 3.76. The van der Waals surface area contributed by atoms with E-state index in [0.717, 1.165) is 20.9 Å². The molecule has 1 aromatic carbocycles. The van der Waals surface area contributed by atoms with Gasteiger partial charge in [0.25, 0.3) is 0 Å². The minimum absolute atomic E-state index is 0.473. The Kier molecular flexibility index (Phi) is 3.63. The van der Waals surface area contributed by atoms with E-state index in [2.05, 4.69) is 9.97 Å². The quantitative estimate of drug-likeness (QED) is 0.539. The lowest BCUT2D eigenvalue weighted by Gasteiger charge is -2.08. The zero-order valence-electron chi connectivity index (χ0n) is 12.7. The second-order valence-electron chi connectivity index (χ2n) is 5.29. The van der Waals surface area contributed by atoms with Crippen molar-refractivity contribution in [3.8, 4) is 22.2 Å². The number of ether oxygens (including phenoxy) is 1. The number of imidazole rings is 1. The molecule has 0 saturated heterocycles. The van der Waals surface area contributed by atoms with E-state index < -0.39 is 0 Å². The van der Waals surface area contributed by atoms with Crippen molar-refractivity contribution in [2.75, 3.05) is 5.73 Å². The normalized spacial score (nSPS) is 11.1. The minimum Gasteiger partial charge on any atom is -0.454 e. The number of anilines is 1. The maximum atomic E-state index is 6.21. The minimum atomic E-state index is 0.473. The number of fused-ring (bicyclic) bond motifs is 1. The lowest BCUT2D eigenvalue weighted by molar-refractivity contribution is 0.489. The predicted molar refractivity (Wildman–Crippen MR) is 97.8 cm³/mol. The van der Waals surface area contributed by atoms with Crippen LogP contribution in [0.25, 0.3) is 20.9 Å². The summed E-state index contributed by atoms with van der Waals surface area (Å²) >= 11 is 7.79. The summed E-state index contributed by atoms with van der Waals surface area (Å²) in [5, 5.41) is 0.473. The van der Waals surface area contributed by atoms with Crippen molar-refractivity contribution in [2.24, 2.45) is 7.05 Å². The van der Waals surface area contributed by atoms with Gasteiger partial charge in [-0.2, -0.15) is 0 Å². The first-order valence-electron chi connectivity index (χ1n) is 7.21. The molecule has 2 N–H and O–H groups in total. The van der Waals surface area contributed by atoms with Crippen molar-refractivity contribution >= 4 is 38.8 Å². The summed E-state index contributed by atoms with van der Waals surface area (Å²) in [5.74, 6) is 2.16. The number of nitrogens with two attached hydrogens (primary N) is 1. The van der Waals surface area contributed by atoms with Crippen LogP contribution in [0.3, 0.4) is 0 Å².